The van der Waals surface area contributed by atoms with Crippen LogP contribution in [-0.4, -0.2) is 51.9 Å². The third-order valence-corrected chi connectivity index (χ3v) is 3.25. The molecular formula is C12H18ClN3O2. The smallest absolute Gasteiger partial charge is 0.144 e. The van der Waals surface area contributed by atoms with Crippen LogP contribution in [0.15, 0.2) is 6.07 Å². The van der Waals surface area contributed by atoms with E-state index < -0.39 is 0 Å². The third kappa shape index (κ3) is 3.38. The molecule has 1 aromatic rings. The summed E-state index contributed by atoms with van der Waals surface area (Å²) >= 11 is 5.93. The predicted molar refractivity (Wildman–Crippen MR) is 68.5 cm³/mol. The molecule has 2 atom stereocenters. The Labute approximate surface area is 112 Å². The number of rotatable bonds is 3. The van der Waals surface area contributed by atoms with Crippen LogP contribution in [0.5, 0.6) is 0 Å². The molecule has 0 amide bonds. The number of aromatic nitrogens is 2. The lowest BCUT2D eigenvalue weighted by molar-refractivity contribution is -0.0812. The van der Waals surface area contributed by atoms with Crippen LogP contribution in [0.4, 0.5) is 0 Å². The van der Waals surface area contributed by atoms with E-state index in [1.165, 1.54) is 0 Å². The first-order chi connectivity index (χ1) is 8.58. The molecule has 2 heterocycles. The Balaban J connectivity index is 2.06. The van der Waals surface area contributed by atoms with Crippen molar-refractivity contribution in [2.75, 3.05) is 19.8 Å². The second kappa shape index (κ2) is 5.93. The van der Waals surface area contributed by atoms with E-state index in [9.17, 15) is 0 Å². The summed E-state index contributed by atoms with van der Waals surface area (Å²) in [5.74, 6) is 0.713. The average molecular weight is 272 g/mol. The van der Waals surface area contributed by atoms with Crippen LogP contribution in [0, 0.1) is 6.92 Å². The molecule has 0 bridgehead atoms. The van der Waals surface area contributed by atoms with E-state index in [-0.39, 0.29) is 18.8 Å². The van der Waals surface area contributed by atoms with Gasteiger partial charge < -0.3 is 9.84 Å². The monoisotopic (exact) mass is 271 g/mol. The molecule has 1 aromatic heterocycles. The standard InChI is InChI=1S/C12H18ClN3O2/c1-8-3-11(13)15-12(14-8)5-16-4-10(6-17)18-7-9(16)2/h3,9-10,17H,4-7H2,1-2H3. The summed E-state index contributed by atoms with van der Waals surface area (Å²) in [5, 5.41) is 9.61. The number of aryl methyl sites for hydroxylation is 1. The van der Waals surface area contributed by atoms with Crippen molar-refractivity contribution in [1.29, 1.82) is 0 Å². The summed E-state index contributed by atoms with van der Waals surface area (Å²) in [7, 11) is 0. The molecule has 1 N–H and O–H groups in total. The van der Waals surface area contributed by atoms with Gasteiger partial charge in [-0.15, -0.1) is 0 Å². The average Bonchev–Trinajstić information content (AvgIpc) is 2.30. The van der Waals surface area contributed by atoms with Crippen LogP contribution in [-0.2, 0) is 11.3 Å². The molecular weight excluding hydrogens is 254 g/mol. The number of ether oxygens (including phenoxy) is 1. The highest BCUT2D eigenvalue weighted by atomic mass is 35.5. The largest absolute Gasteiger partial charge is 0.394 e. The van der Waals surface area contributed by atoms with E-state index in [0.717, 1.165) is 5.69 Å². The van der Waals surface area contributed by atoms with E-state index in [2.05, 4.69) is 21.8 Å². The number of nitrogens with zero attached hydrogens (tertiary/aromatic N) is 3. The van der Waals surface area contributed by atoms with Crippen LogP contribution in [0.2, 0.25) is 5.15 Å². The molecule has 1 saturated heterocycles. The highest BCUT2D eigenvalue weighted by Gasteiger charge is 2.26. The number of morpholine rings is 1. The lowest BCUT2D eigenvalue weighted by Crippen LogP contribution is -2.49. The maximum Gasteiger partial charge on any atom is 0.144 e. The van der Waals surface area contributed by atoms with E-state index >= 15 is 0 Å². The van der Waals surface area contributed by atoms with Crippen LogP contribution in [0.1, 0.15) is 18.4 Å². The molecule has 0 aliphatic carbocycles. The van der Waals surface area contributed by atoms with Gasteiger partial charge in [-0.1, -0.05) is 11.6 Å². The lowest BCUT2D eigenvalue weighted by Gasteiger charge is -2.36. The SMILES string of the molecule is Cc1cc(Cl)nc(CN2CC(CO)OCC2C)n1. The molecule has 18 heavy (non-hydrogen) atoms. The van der Waals surface area contributed by atoms with Crippen molar-refractivity contribution < 1.29 is 9.84 Å². The van der Waals surface area contributed by atoms with Crippen molar-refractivity contribution in [3.8, 4) is 0 Å². The second-order valence-electron chi connectivity index (χ2n) is 4.66. The van der Waals surface area contributed by atoms with Gasteiger partial charge in [0.15, 0.2) is 0 Å². The zero-order valence-corrected chi connectivity index (χ0v) is 11.4. The van der Waals surface area contributed by atoms with Gasteiger partial charge in [0.2, 0.25) is 0 Å². The lowest BCUT2D eigenvalue weighted by atomic mass is 10.2. The molecule has 6 heteroatoms. The van der Waals surface area contributed by atoms with Gasteiger partial charge in [0, 0.05) is 18.3 Å². The van der Waals surface area contributed by atoms with Crippen LogP contribution in [0.25, 0.3) is 0 Å². The molecule has 5 nitrogen and oxygen atoms in total. The van der Waals surface area contributed by atoms with Crippen molar-refractivity contribution in [3.63, 3.8) is 0 Å². The molecule has 1 fully saturated rings. The molecule has 0 aromatic carbocycles. The highest BCUT2D eigenvalue weighted by Crippen LogP contribution is 2.15. The Bertz CT molecular complexity index is 396. The van der Waals surface area contributed by atoms with E-state index in [1.807, 2.05) is 6.92 Å². The quantitative estimate of drug-likeness (QED) is 0.832. The fourth-order valence-corrected chi connectivity index (χ4v) is 2.30. The summed E-state index contributed by atoms with van der Waals surface area (Å²) in [4.78, 5) is 10.8. The predicted octanol–water partition coefficient (Wildman–Crippen LogP) is 1.02. The highest BCUT2D eigenvalue weighted by molar-refractivity contribution is 6.29. The van der Waals surface area contributed by atoms with Crippen molar-refractivity contribution >= 4 is 11.6 Å². The first-order valence-corrected chi connectivity index (χ1v) is 6.43. The Kier molecular flexibility index (Phi) is 4.50. The van der Waals surface area contributed by atoms with Gasteiger partial charge in [-0.25, -0.2) is 9.97 Å². The van der Waals surface area contributed by atoms with Crippen LogP contribution in [0.3, 0.4) is 0 Å². The van der Waals surface area contributed by atoms with Crippen LogP contribution >= 0.6 is 11.6 Å². The van der Waals surface area contributed by atoms with Gasteiger partial charge in [0.25, 0.3) is 0 Å². The Hall–Kier alpha value is -0.750. The summed E-state index contributed by atoms with van der Waals surface area (Å²) in [6.45, 7) is 5.96. The number of hydrogen-bond acceptors (Lipinski definition) is 5. The maximum absolute atomic E-state index is 9.15. The second-order valence-corrected chi connectivity index (χ2v) is 5.05. The van der Waals surface area contributed by atoms with Crippen molar-refractivity contribution in [1.82, 2.24) is 14.9 Å². The first-order valence-electron chi connectivity index (χ1n) is 6.05. The topological polar surface area (TPSA) is 58.5 Å². The molecule has 1 aliphatic heterocycles. The Morgan fingerprint density at radius 1 is 1.56 bits per heavy atom. The minimum Gasteiger partial charge on any atom is -0.394 e. The van der Waals surface area contributed by atoms with Crippen molar-refractivity contribution in [2.24, 2.45) is 0 Å². The first kappa shape index (κ1) is 13.7. The molecule has 2 rings (SSSR count). The third-order valence-electron chi connectivity index (χ3n) is 3.05. The fourth-order valence-electron chi connectivity index (χ4n) is 2.05. The Morgan fingerprint density at radius 2 is 2.33 bits per heavy atom. The summed E-state index contributed by atoms with van der Waals surface area (Å²) in [5.41, 5.74) is 0.865. The molecule has 1 aliphatic rings. The van der Waals surface area contributed by atoms with Gasteiger partial charge in [-0.3, -0.25) is 4.90 Å². The molecule has 0 saturated carbocycles. The minimum atomic E-state index is -0.124. The summed E-state index contributed by atoms with van der Waals surface area (Å²) < 4.78 is 5.50. The zero-order valence-electron chi connectivity index (χ0n) is 10.6. The van der Waals surface area contributed by atoms with E-state index in [4.69, 9.17) is 21.4 Å². The molecule has 0 spiro atoms. The maximum atomic E-state index is 9.15. The van der Waals surface area contributed by atoms with E-state index in [1.54, 1.807) is 6.07 Å². The van der Waals surface area contributed by atoms with Gasteiger partial charge in [0.05, 0.1) is 25.9 Å². The minimum absolute atomic E-state index is 0.0403. The van der Waals surface area contributed by atoms with Gasteiger partial charge >= 0.3 is 0 Å². The molecule has 100 valence electrons. The fraction of sp³-hybridized carbons (Fsp3) is 0.667. The number of hydrogen-bond donors (Lipinski definition) is 1. The van der Waals surface area contributed by atoms with E-state index in [0.29, 0.717) is 30.7 Å². The number of halogens is 1. The van der Waals surface area contributed by atoms with Gasteiger partial charge in [-0.05, 0) is 19.9 Å². The number of aliphatic hydroxyl groups excluding tert-OH is 1. The normalized spacial score (nSPS) is 25.3. The Morgan fingerprint density at radius 3 is 3.00 bits per heavy atom. The molecule has 0 radical (unpaired) electrons. The number of aliphatic hydroxyl groups is 1. The van der Waals surface area contributed by atoms with Crippen molar-refractivity contribution in [2.45, 2.75) is 32.5 Å². The molecule has 2 unspecified atom stereocenters. The van der Waals surface area contributed by atoms with Gasteiger partial charge in [-0.2, -0.15) is 0 Å². The summed E-state index contributed by atoms with van der Waals surface area (Å²) in [6, 6.07) is 2.03. The van der Waals surface area contributed by atoms with Gasteiger partial charge in [0.1, 0.15) is 11.0 Å². The van der Waals surface area contributed by atoms with Crippen LogP contribution < -0.4 is 0 Å². The van der Waals surface area contributed by atoms with Crippen molar-refractivity contribution in [3.05, 3.63) is 22.7 Å². The zero-order chi connectivity index (χ0) is 13.1. The summed E-state index contributed by atoms with van der Waals surface area (Å²) in [6.07, 6.45) is -0.124.